The summed E-state index contributed by atoms with van der Waals surface area (Å²) >= 11 is 0. The van der Waals surface area contributed by atoms with Gasteiger partial charge in [-0.15, -0.1) is 0 Å². The lowest BCUT2D eigenvalue weighted by atomic mass is 10.1. The second-order valence-corrected chi connectivity index (χ2v) is 9.76. The highest BCUT2D eigenvalue weighted by Gasteiger charge is 2.22. The topological polar surface area (TPSA) is 114 Å². The number of amides is 2. The Morgan fingerprint density at radius 2 is 1.72 bits per heavy atom. The number of benzene rings is 2. The fraction of sp³-hybridized carbons (Fsp3) is 0.250. The molecule has 0 aliphatic heterocycles. The normalized spacial score (nSPS) is 11.4. The third kappa shape index (κ3) is 5.72. The molecule has 5 N–H and O–H groups in total. The quantitative estimate of drug-likeness (QED) is 0.307. The number of nitrogens with two attached hydrogens (primary N) is 1. The summed E-state index contributed by atoms with van der Waals surface area (Å²) in [6, 6.07) is 19.0. The first-order valence-corrected chi connectivity index (χ1v) is 11.9. The fourth-order valence-electron chi connectivity index (χ4n) is 3.98. The molecule has 0 spiro atoms. The first-order valence-electron chi connectivity index (χ1n) is 11.9. The van der Waals surface area contributed by atoms with Gasteiger partial charge in [0.25, 0.3) is 5.91 Å². The molecule has 2 aromatic carbocycles. The van der Waals surface area contributed by atoms with Gasteiger partial charge in [0.2, 0.25) is 5.91 Å². The second-order valence-electron chi connectivity index (χ2n) is 9.76. The summed E-state index contributed by atoms with van der Waals surface area (Å²) in [6.45, 7) is 8.53. The minimum Gasteiger partial charge on any atom is -0.365 e. The molecule has 0 aliphatic carbocycles. The monoisotopic (exact) mass is 484 g/mol. The van der Waals surface area contributed by atoms with Crippen molar-refractivity contribution in [1.29, 1.82) is 0 Å². The van der Waals surface area contributed by atoms with Crippen LogP contribution in [0.3, 0.4) is 0 Å². The number of hydrogen-bond donors (Lipinski definition) is 4. The smallest absolute Gasteiger partial charge is 0.255 e. The molecule has 0 atom stereocenters. The molecule has 4 aromatic rings. The van der Waals surface area contributed by atoms with Gasteiger partial charge in [-0.1, -0.05) is 36.4 Å². The highest BCUT2D eigenvalue weighted by Crippen LogP contribution is 2.32. The summed E-state index contributed by atoms with van der Waals surface area (Å²) in [5.41, 5.74) is 10.8. The van der Waals surface area contributed by atoms with Crippen molar-refractivity contribution in [1.82, 2.24) is 14.7 Å². The van der Waals surface area contributed by atoms with Gasteiger partial charge in [0.15, 0.2) is 5.65 Å². The molecule has 0 fully saturated rings. The summed E-state index contributed by atoms with van der Waals surface area (Å²) in [6.07, 6.45) is 1.90. The Morgan fingerprint density at radius 3 is 2.39 bits per heavy atom. The van der Waals surface area contributed by atoms with Crippen molar-refractivity contribution in [3.05, 3.63) is 83.6 Å². The van der Waals surface area contributed by atoms with E-state index in [1.807, 2.05) is 65.2 Å². The van der Waals surface area contributed by atoms with Crippen molar-refractivity contribution in [2.24, 2.45) is 5.73 Å². The van der Waals surface area contributed by atoms with Gasteiger partial charge >= 0.3 is 0 Å². The zero-order chi connectivity index (χ0) is 25.9. The van der Waals surface area contributed by atoms with Crippen molar-refractivity contribution >= 4 is 29.0 Å². The maximum Gasteiger partial charge on any atom is 0.255 e. The van der Waals surface area contributed by atoms with Crippen LogP contribution in [0.2, 0.25) is 0 Å². The van der Waals surface area contributed by atoms with Crippen molar-refractivity contribution in [3.63, 3.8) is 0 Å². The summed E-state index contributed by atoms with van der Waals surface area (Å²) in [5, 5.41) is 9.33. The first kappa shape index (κ1) is 24.9. The van der Waals surface area contributed by atoms with Crippen molar-refractivity contribution < 1.29 is 9.59 Å². The van der Waals surface area contributed by atoms with Crippen LogP contribution in [0.5, 0.6) is 0 Å². The zero-order valence-corrected chi connectivity index (χ0v) is 21.1. The zero-order valence-electron chi connectivity index (χ0n) is 21.1. The van der Waals surface area contributed by atoms with Gasteiger partial charge in [-0.05, 0) is 56.2 Å². The second kappa shape index (κ2) is 10.2. The maximum atomic E-state index is 13.2. The summed E-state index contributed by atoms with van der Waals surface area (Å²) in [7, 11) is 0. The number of carbonyl (C=O) groups excluding carboxylic acids is 2. The molecule has 0 unspecified atom stereocenters. The largest absolute Gasteiger partial charge is 0.365 e. The molecule has 0 radical (unpaired) electrons. The van der Waals surface area contributed by atoms with Crippen LogP contribution in [0.25, 0.3) is 16.9 Å². The number of aromatic nitrogens is 2. The average Bonchev–Trinajstić information content (AvgIpc) is 3.19. The fourth-order valence-corrected chi connectivity index (χ4v) is 3.98. The molecule has 2 amide bonds. The number of pyridine rings is 1. The van der Waals surface area contributed by atoms with E-state index in [0.29, 0.717) is 30.0 Å². The molecule has 4 rings (SSSR count). The van der Waals surface area contributed by atoms with Crippen LogP contribution >= 0.6 is 0 Å². The lowest BCUT2D eigenvalue weighted by Crippen LogP contribution is -2.27. The van der Waals surface area contributed by atoms with Crippen molar-refractivity contribution in [3.8, 4) is 11.3 Å². The highest BCUT2D eigenvalue weighted by molar-refractivity contribution is 6.01. The van der Waals surface area contributed by atoms with Gasteiger partial charge in [0.1, 0.15) is 11.5 Å². The lowest BCUT2D eigenvalue weighted by molar-refractivity contribution is -0.114. The van der Waals surface area contributed by atoms with Crippen LogP contribution in [0, 0.1) is 0 Å². The van der Waals surface area contributed by atoms with Crippen LogP contribution in [-0.4, -0.2) is 26.7 Å². The first-order chi connectivity index (χ1) is 17.1. The molecule has 2 heterocycles. The van der Waals surface area contributed by atoms with Gasteiger partial charge in [0.05, 0.1) is 5.56 Å². The van der Waals surface area contributed by atoms with E-state index in [4.69, 9.17) is 10.7 Å². The summed E-state index contributed by atoms with van der Waals surface area (Å²) in [4.78, 5) is 29.5. The number of carbonyl (C=O) groups is 2. The van der Waals surface area contributed by atoms with Crippen molar-refractivity contribution in [2.45, 2.75) is 46.3 Å². The van der Waals surface area contributed by atoms with Gasteiger partial charge in [-0.2, -0.15) is 0 Å². The standard InChI is InChI=1S/C28H32N6O2/c1-18(35)31-22-12-10-21(11-13-22)24-26(33-28(2,3)4)34-14-6-9-23(25(34)32-24)27(36)30-17-20-8-5-7-19(15-20)16-29/h5-15,33H,16-17,29H2,1-4H3,(H,30,36)(H,31,35). The molecule has 0 bridgehead atoms. The van der Waals surface area contributed by atoms with E-state index < -0.39 is 0 Å². The van der Waals surface area contributed by atoms with E-state index >= 15 is 0 Å². The predicted molar refractivity (Wildman–Crippen MR) is 144 cm³/mol. The maximum absolute atomic E-state index is 13.2. The molecule has 0 aliphatic rings. The number of nitrogens with one attached hydrogen (secondary N) is 3. The van der Waals surface area contributed by atoms with Gasteiger partial charge < -0.3 is 21.7 Å². The SMILES string of the molecule is CC(=O)Nc1ccc(-c2nc3c(C(=O)NCc4cccc(CN)c4)cccn3c2NC(C)(C)C)cc1. The number of rotatable bonds is 7. The average molecular weight is 485 g/mol. The third-order valence-corrected chi connectivity index (χ3v) is 5.55. The third-order valence-electron chi connectivity index (χ3n) is 5.55. The summed E-state index contributed by atoms with van der Waals surface area (Å²) < 4.78 is 1.91. The van der Waals surface area contributed by atoms with Crippen molar-refractivity contribution in [2.75, 3.05) is 10.6 Å². The molecule has 0 saturated carbocycles. The Labute approximate surface area is 210 Å². The van der Waals surface area contributed by atoms with E-state index in [9.17, 15) is 9.59 Å². The Kier molecular flexibility index (Phi) is 7.07. The van der Waals surface area contributed by atoms with Crippen LogP contribution in [-0.2, 0) is 17.9 Å². The van der Waals surface area contributed by atoms with E-state index in [0.717, 1.165) is 28.2 Å². The van der Waals surface area contributed by atoms with Crippen LogP contribution in [0.4, 0.5) is 11.5 Å². The van der Waals surface area contributed by atoms with E-state index in [1.165, 1.54) is 6.92 Å². The van der Waals surface area contributed by atoms with E-state index in [2.05, 4.69) is 36.7 Å². The van der Waals surface area contributed by atoms with E-state index in [1.54, 1.807) is 6.07 Å². The molecule has 36 heavy (non-hydrogen) atoms. The number of fused-ring (bicyclic) bond motifs is 1. The van der Waals surface area contributed by atoms with Crippen LogP contribution < -0.4 is 21.7 Å². The molecule has 0 saturated heterocycles. The van der Waals surface area contributed by atoms with Gasteiger partial charge in [-0.3, -0.25) is 14.0 Å². The Bertz CT molecular complexity index is 1400. The number of nitrogens with zero attached hydrogens (tertiary/aromatic N) is 2. The molecule has 186 valence electrons. The van der Waals surface area contributed by atoms with Crippen LogP contribution in [0.1, 0.15) is 49.2 Å². The minimum atomic E-state index is -0.243. The van der Waals surface area contributed by atoms with E-state index in [-0.39, 0.29) is 17.4 Å². The molecule has 2 aromatic heterocycles. The number of imidazole rings is 1. The highest BCUT2D eigenvalue weighted by atomic mass is 16.2. The van der Waals surface area contributed by atoms with Crippen LogP contribution in [0.15, 0.2) is 66.9 Å². The predicted octanol–water partition coefficient (Wildman–Crippen LogP) is 4.56. The Balaban J connectivity index is 1.71. The molecular weight excluding hydrogens is 452 g/mol. The number of anilines is 2. The number of hydrogen-bond acceptors (Lipinski definition) is 5. The Hall–Kier alpha value is -4.17. The minimum absolute atomic E-state index is 0.129. The molecular formula is C28H32N6O2. The lowest BCUT2D eigenvalue weighted by Gasteiger charge is -2.22. The van der Waals surface area contributed by atoms with Gasteiger partial charge in [0, 0.05) is 43.0 Å². The molecule has 8 heteroatoms. The Morgan fingerprint density at radius 1 is 1.00 bits per heavy atom. The van der Waals surface area contributed by atoms with Gasteiger partial charge in [-0.25, -0.2) is 4.98 Å². The summed E-state index contributed by atoms with van der Waals surface area (Å²) in [5.74, 6) is 0.449. The molecule has 8 nitrogen and oxygen atoms in total.